The highest BCUT2D eigenvalue weighted by atomic mass is 16.2. The zero-order valence-corrected chi connectivity index (χ0v) is 9.57. The molecular formula is C13H15N3O. The molecule has 4 heteroatoms. The Hall–Kier alpha value is -2.10. The SMILES string of the molecule is C=CC(=O)N(C(=N)N)c1cccc2c1CCC2. The second kappa shape index (κ2) is 4.41. The van der Waals surface area contributed by atoms with Crippen LogP contribution in [0.25, 0.3) is 0 Å². The monoisotopic (exact) mass is 229 g/mol. The molecule has 0 spiro atoms. The molecule has 0 aliphatic heterocycles. The summed E-state index contributed by atoms with van der Waals surface area (Å²) in [4.78, 5) is 12.9. The van der Waals surface area contributed by atoms with Gasteiger partial charge in [-0.2, -0.15) is 0 Å². The van der Waals surface area contributed by atoms with E-state index >= 15 is 0 Å². The van der Waals surface area contributed by atoms with Crippen molar-refractivity contribution >= 4 is 17.6 Å². The zero-order valence-electron chi connectivity index (χ0n) is 9.57. The van der Waals surface area contributed by atoms with Crippen LogP contribution in [0.1, 0.15) is 17.5 Å². The summed E-state index contributed by atoms with van der Waals surface area (Å²) in [5.74, 6) is -0.631. The molecule has 1 amide bonds. The van der Waals surface area contributed by atoms with Gasteiger partial charge in [0, 0.05) is 0 Å². The lowest BCUT2D eigenvalue weighted by atomic mass is 10.1. The van der Waals surface area contributed by atoms with E-state index in [9.17, 15) is 4.79 Å². The van der Waals surface area contributed by atoms with Gasteiger partial charge in [0.2, 0.25) is 0 Å². The van der Waals surface area contributed by atoms with Crippen LogP contribution in [0.2, 0.25) is 0 Å². The Morgan fingerprint density at radius 1 is 1.47 bits per heavy atom. The maximum atomic E-state index is 11.7. The molecule has 3 N–H and O–H groups in total. The molecule has 1 aliphatic rings. The number of fused-ring (bicyclic) bond motifs is 1. The Morgan fingerprint density at radius 2 is 2.24 bits per heavy atom. The average Bonchev–Trinajstić information content (AvgIpc) is 2.77. The highest BCUT2D eigenvalue weighted by Crippen LogP contribution is 2.31. The predicted molar refractivity (Wildman–Crippen MR) is 68.1 cm³/mol. The van der Waals surface area contributed by atoms with Gasteiger partial charge in [-0.25, -0.2) is 4.90 Å². The lowest BCUT2D eigenvalue weighted by Crippen LogP contribution is -2.41. The van der Waals surface area contributed by atoms with Gasteiger partial charge in [0.25, 0.3) is 5.91 Å². The zero-order chi connectivity index (χ0) is 12.4. The number of rotatable bonds is 2. The van der Waals surface area contributed by atoms with Crippen LogP contribution >= 0.6 is 0 Å². The molecule has 1 aromatic rings. The fraction of sp³-hybridized carbons (Fsp3) is 0.231. The summed E-state index contributed by atoms with van der Waals surface area (Å²) < 4.78 is 0. The van der Waals surface area contributed by atoms with Gasteiger partial charge < -0.3 is 5.73 Å². The Bertz CT molecular complexity index is 493. The van der Waals surface area contributed by atoms with Gasteiger partial charge in [-0.1, -0.05) is 18.7 Å². The summed E-state index contributed by atoms with van der Waals surface area (Å²) in [5.41, 5.74) is 8.56. The van der Waals surface area contributed by atoms with Gasteiger partial charge in [-0.3, -0.25) is 10.2 Å². The van der Waals surface area contributed by atoms with Gasteiger partial charge in [-0.15, -0.1) is 0 Å². The summed E-state index contributed by atoms with van der Waals surface area (Å²) in [6.45, 7) is 3.44. The van der Waals surface area contributed by atoms with Gasteiger partial charge in [0.1, 0.15) is 0 Å². The topological polar surface area (TPSA) is 70.2 Å². The van der Waals surface area contributed by atoms with Crippen LogP contribution in [-0.2, 0) is 17.6 Å². The van der Waals surface area contributed by atoms with Crippen LogP contribution < -0.4 is 10.6 Å². The molecule has 17 heavy (non-hydrogen) atoms. The van der Waals surface area contributed by atoms with Gasteiger partial charge in [0.15, 0.2) is 5.96 Å². The van der Waals surface area contributed by atoms with Crippen molar-refractivity contribution in [2.75, 3.05) is 4.90 Å². The second-order valence-electron chi connectivity index (χ2n) is 4.03. The van der Waals surface area contributed by atoms with E-state index in [0.717, 1.165) is 30.5 Å². The molecular weight excluding hydrogens is 214 g/mol. The molecule has 1 aromatic carbocycles. The first kappa shape index (κ1) is 11.4. The number of nitrogens with one attached hydrogen (secondary N) is 1. The summed E-state index contributed by atoms with van der Waals surface area (Å²) in [5, 5.41) is 7.52. The average molecular weight is 229 g/mol. The van der Waals surface area contributed by atoms with Crippen LogP contribution in [0.5, 0.6) is 0 Å². The number of nitrogens with two attached hydrogens (primary N) is 1. The largest absolute Gasteiger partial charge is 0.369 e. The molecule has 0 saturated heterocycles. The Labute approximate surface area is 100 Å². The van der Waals surface area contributed by atoms with Crippen molar-refractivity contribution in [2.24, 2.45) is 5.73 Å². The van der Waals surface area contributed by atoms with Crippen molar-refractivity contribution < 1.29 is 4.79 Å². The third-order valence-electron chi connectivity index (χ3n) is 3.00. The summed E-state index contributed by atoms with van der Waals surface area (Å²) in [6.07, 6.45) is 4.22. The van der Waals surface area contributed by atoms with Crippen molar-refractivity contribution in [3.05, 3.63) is 42.0 Å². The Balaban J connectivity index is 2.51. The van der Waals surface area contributed by atoms with E-state index in [1.165, 1.54) is 16.5 Å². The maximum Gasteiger partial charge on any atom is 0.257 e. The van der Waals surface area contributed by atoms with E-state index in [1.54, 1.807) is 0 Å². The molecule has 0 atom stereocenters. The molecule has 1 aliphatic carbocycles. The standard InChI is InChI=1S/C13H15N3O/c1-2-12(17)16(13(14)15)11-8-4-6-9-5-3-7-10(9)11/h2,4,6,8H,1,3,5,7H2,(H3,14,15). The maximum absolute atomic E-state index is 11.7. The van der Waals surface area contributed by atoms with E-state index < -0.39 is 0 Å². The predicted octanol–water partition coefficient (Wildman–Crippen LogP) is 1.59. The normalized spacial score (nSPS) is 12.9. The highest BCUT2D eigenvalue weighted by Gasteiger charge is 2.22. The molecule has 2 rings (SSSR count). The van der Waals surface area contributed by atoms with Crippen LogP contribution in [0.4, 0.5) is 5.69 Å². The Kier molecular flexibility index (Phi) is 2.95. The van der Waals surface area contributed by atoms with Crippen LogP contribution in [0, 0.1) is 5.41 Å². The summed E-state index contributed by atoms with van der Waals surface area (Å²) in [6, 6.07) is 5.78. The second-order valence-corrected chi connectivity index (χ2v) is 4.03. The van der Waals surface area contributed by atoms with E-state index in [-0.39, 0.29) is 11.9 Å². The lowest BCUT2D eigenvalue weighted by molar-refractivity contribution is -0.113. The van der Waals surface area contributed by atoms with Crippen molar-refractivity contribution in [1.29, 1.82) is 5.41 Å². The number of anilines is 1. The Morgan fingerprint density at radius 3 is 2.88 bits per heavy atom. The fourth-order valence-corrected chi connectivity index (χ4v) is 2.27. The van der Waals surface area contributed by atoms with Crippen LogP contribution in [-0.4, -0.2) is 11.9 Å². The van der Waals surface area contributed by atoms with Crippen molar-refractivity contribution in [3.63, 3.8) is 0 Å². The quantitative estimate of drug-likeness (QED) is 0.459. The number of carbonyl (C=O) groups is 1. The van der Waals surface area contributed by atoms with E-state index in [0.29, 0.717) is 0 Å². The number of hydrogen-bond acceptors (Lipinski definition) is 2. The smallest absolute Gasteiger partial charge is 0.257 e. The minimum Gasteiger partial charge on any atom is -0.369 e. The first-order valence-electron chi connectivity index (χ1n) is 5.56. The van der Waals surface area contributed by atoms with Crippen molar-refractivity contribution in [2.45, 2.75) is 19.3 Å². The molecule has 88 valence electrons. The summed E-state index contributed by atoms with van der Waals surface area (Å²) in [7, 11) is 0. The number of carbonyl (C=O) groups excluding carboxylic acids is 1. The van der Waals surface area contributed by atoms with E-state index in [1.807, 2.05) is 12.1 Å². The number of amides is 1. The minimum atomic E-state index is -0.363. The first-order valence-corrected chi connectivity index (χ1v) is 5.56. The first-order chi connectivity index (χ1) is 8.15. The van der Waals surface area contributed by atoms with Gasteiger partial charge in [-0.05, 0) is 42.5 Å². The highest BCUT2D eigenvalue weighted by molar-refractivity contribution is 6.18. The van der Waals surface area contributed by atoms with E-state index in [2.05, 4.69) is 12.6 Å². The van der Waals surface area contributed by atoms with Crippen LogP contribution in [0.3, 0.4) is 0 Å². The van der Waals surface area contributed by atoms with Crippen LogP contribution in [0.15, 0.2) is 30.9 Å². The minimum absolute atomic E-state index is 0.268. The molecule has 0 radical (unpaired) electrons. The number of aryl methyl sites for hydroxylation is 1. The molecule has 0 unspecified atom stereocenters. The third kappa shape index (κ3) is 1.93. The molecule has 0 heterocycles. The number of nitrogens with zero attached hydrogens (tertiary/aromatic N) is 1. The molecule has 4 nitrogen and oxygen atoms in total. The lowest BCUT2D eigenvalue weighted by Gasteiger charge is -2.21. The van der Waals surface area contributed by atoms with Crippen molar-refractivity contribution in [1.82, 2.24) is 0 Å². The number of benzene rings is 1. The number of guanidine groups is 1. The number of hydrogen-bond donors (Lipinski definition) is 2. The van der Waals surface area contributed by atoms with E-state index in [4.69, 9.17) is 11.1 Å². The molecule has 0 fully saturated rings. The summed E-state index contributed by atoms with van der Waals surface area (Å²) >= 11 is 0. The third-order valence-corrected chi connectivity index (χ3v) is 3.00. The molecule has 0 saturated carbocycles. The molecule has 0 bridgehead atoms. The molecule has 0 aromatic heterocycles. The fourth-order valence-electron chi connectivity index (χ4n) is 2.27. The van der Waals surface area contributed by atoms with Crippen molar-refractivity contribution in [3.8, 4) is 0 Å². The van der Waals surface area contributed by atoms with Gasteiger partial charge in [0.05, 0.1) is 5.69 Å². The van der Waals surface area contributed by atoms with Gasteiger partial charge >= 0.3 is 0 Å².